The van der Waals surface area contributed by atoms with Crippen LogP contribution < -0.4 is 0 Å². The molecule has 1 nitrogen and oxygen atoms in total. The van der Waals surface area contributed by atoms with Crippen molar-refractivity contribution in [2.24, 2.45) is 5.92 Å². The van der Waals surface area contributed by atoms with E-state index >= 15 is 0 Å². The second-order valence-electron chi connectivity index (χ2n) is 3.75. The SMILES string of the molecule is CC(CCl)CN1CCCC1C. The molecule has 1 saturated heterocycles. The van der Waals surface area contributed by atoms with Crippen LogP contribution >= 0.6 is 11.6 Å². The molecule has 0 N–H and O–H groups in total. The van der Waals surface area contributed by atoms with Crippen LogP contribution in [0, 0.1) is 5.92 Å². The van der Waals surface area contributed by atoms with E-state index in [0.29, 0.717) is 5.92 Å². The Labute approximate surface area is 74.7 Å². The number of alkyl halides is 1. The molecular weight excluding hydrogens is 158 g/mol. The third-order valence-corrected chi connectivity index (χ3v) is 3.03. The largest absolute Gasteiger partial charge is 0.300 e. The Morgan fingerprint density at radius 2 is 2.36 bits per heavy atom. The van der Waals surface area contributed by atoms with E-state index in [9.17, 15) is 0 Å². The predicted molar refractivity (Wildman–Crippen MR) is 50.2 cm³/mol. The summed E-state index contributed by atoms with van der Waals surface area (Å²) in [5, 5.41) is 0. The molecule has 0 bridgehead atoms. The first-order valence-corrected chi connectivity index (χ1v) is 5.07. The Hall–Kier alpha value is 0.250. The summed E-state index contributed by atoms with van der Waals surface area (Å²) in [6, 6.07) is 0.792. The molecule has 1 heterocycles. The van der Waals surface area contributed by atoms with Crippen LogP contribution in [-0.4, -0.2) is 29.9 Å². The maximum Gasteiger partial charge on any atom is 0.0261 e. The summed E-state index contributed by atoms with van der Waals surface area (Å²) in [6.07, 6.45) is 2.74. The summed E-state index contributed by atoms with van der Waals surface area (Å²) in [6.45, 7) is 7.00. The highest BCUT2D eigenvalue weighted by molar-refractivity contribution is 6.18. The third-order valence-electron chi connectivity index (χ3n) is 2.50. The molecule has 2 unspecified atom stereocenters. The van der Waals surface area contributed by atoms with Gasteiger partial charge in [-0.1, -0.05) is 6.92 Å². The molecule has 0 saturated carbocycles. The van der Waals surface area contributed by atoms with Gasteiger partial charge < -0.3 is 4.90 Å². The second kappa shape index (κ2) is 4.32. The van der Waals surface area contributed by atoms with Gasteiger partial charge in [-0.25, -0.2) is 0 Å². The van der Waals surface area contributed by atoms with Crippen LogP contribution in [0.4, 0.5) is 0 Å². The van der Waals surface area contributed by atoms with Crippen molar-refractivity contribution in [3.05, 3.63) is 0 Å². The van der Waals surface area contributed by atoms with Gasteiger partial charge in [0.05, 0.1) is 0 Å². The first kappa shape index (κ1) is 9.34. The molecule has 66 valence electrons. The molecule has 1 rings (SSSR count). The minimum atomic E-state index is 0.650. The normalized spacial score (nSPS) is 29.2. The van der Waals surface area contributed by atoms with Gasteiger partial charge in [0.2, 0.25) is 0 Å². The van der Waals surface area contributed by atoms with E-state index < -0.39 is 0 Å². The molecule has 1 aliphatic heterocycles. The van der Waals surface area contributed by atoms with E-state index in [1.165, 1.54) is 25.9 Å². The van der Waals surface area contributed by atoms with E-state index in [2.05, 4.69) is 18.7 Å². The van der Waals surface area contributed by atoms with Crippen molar-refractivity contribution in [3.63, 3.8) is 0 Å². The molecule has 2 heteroatoms. The van der Waals surface area contributed by atoms with Crippen LogP contribution in [0.2, 0.25) is 0 Å². The Balaban J connectivity index is 2.24. The lowest BCUT2D eigenvalue weighted by Crippen LogP contribution is -2.31. The number of halogens is 1. The molecule has 11 heavy (non-hydrogen) atoms. The molecular formula is C9H18ClN. The quantitative estimate of drug-likeness (QED) is 0.596. The van der Waals surface area contributed by atoms with Crippen molar-refractivity contribution in [1.29, 1.82) is 0 Å². The van der Waals surface area contributed by atoms with Crippen LogP contribution in [0.25, 0.3) is 0 Å². The fraction of sp³-hybridized carbons (Fsp3) is 1.00. The lowest BCUT2D eigenvalue weighted by Gasteiger charge is -2.23. The summed E-state index contributed by atoms with van der Waals surface area (Å²) in [4.78, 5) is 2.55. The summed E-state index contributed by atoms with van der Waals surface area (Å²) in [5.41, 5.74) is 0. The molecule has 1 fully saturated rings. The van der Waals surface area contributed by atoms with E-state index in [1.54, 1.807) is 0 Å². The van der Waals surface area contributed by atoms with Gasteiger partial charge in [-0.05, 0) is 32.2 Å². The van der Waals surface area contributed by atoms with Gasteiger partial charge in [0, 0.05) is 18.5 Å². The highest BCUT2D eigenvalue weighted by atomic mass is 35.5. The summed E-state index contributed by atoms with van der Waals surface area (Å²) >= 11 is 5.75. The molecule has 0 spiro atoms. The van der Waals surface area contributed by atoms with Gasteiger partial charge >= 0.3 is 0 Å². The molecule has 0 aromatic heterocycles. The smallest absolute Gasteiger partial charge is 0.0261 e. The van der Waals surface area contributed by atoms with E-state index in [-0.39, 0.29) is 0 Å². The van der Waals surface area contributed by atoms with Gasteiger partial charge in [-0.2, -0.15) is 0 Å². The van der Waals surface area contributed by atoms with Gasteiger partial charge in [-0.3, -0.25) is 0 Å². The lowest BCUT2D eigenvalue weighted by molar-refractivity contribution is 0.240. The summed E-state index contributed by atoms with van der Waals surface area (Å²) in [5.74, 6) is 1.45. The van der Waals surface area contributed by atoms with E-state index in [0.717, 1.165) is 11.9 Å². The number of rotatable bonds is 3. The van der Waals surface area contributed by atoms with Gasteiger partial charge in [0.1, 0.15) is 0 Å². The van der Waals surface area contributed by atoms with Crippen molar-refractivity contribution in [2.75, 3.05) is 19.0 Å². The highest BCUT2D eigenvalue weighted by Gasteiger charge is 2.20. The average molecular weight is 176 g/mol. The Kier molecular flexibility index (Phi) is 3.67. The van der Waals surface area contributed by atoms with Crippen LogP contribution in [0.3, 0.4) is 0 Å². The molecule has 0 aromatic carbocycles. The topological polar surface area (TPSA) is 3.24 Å². The minimum absolute atomic E-state index is 0.650. The number of hydrogen-bond donors (Lipinski definition) is 0. The number of likely N-dealkylation sites (tertiary alicyclic amines) is 1. The highest BCUT2D eigenvalue weighted by Crippen LogP contribution is 2.17. The Morgan fingerprint density at radius 3 is 2.82 bits per heavy atom. The van der Waals surface area contributed by atoms with Crippen LogP contribution in [-0.2, 0) is 0 Å². The van der Waals surface area contributed by atoms with Crippen molar-refractivity contribution in [3.8, 4) is 0 Å². The predicted octanol–water partition coefficient (Wildman–Crippen LogP) is 2.35. The maximum atomic E-state index is 5.75. The van der Waals surface area contributed by atoms with Crippen LogP contribution in [0.1, 0.15) is 26.7 Å². The van der Waals surface area contributed by atoms with Crippen molar-refractivity contribution in [1.82, 2.24) is 4.90 Å². The second-order valence-corrected chi connectivity index (χ2v) is 4.05. The summed E-state index contributed by atoms with van der Waals surface area (Å²) < 4.78 is 0. The molecule has 2 atom stereocenters. The third kappa shape index (κ3) is 2.64. The molecule has 0 aromatic rings. The Morgan fingerprint density at radius 1 is 1.64 bits per heavy atom. The standard InChI is InChI=1S/C9H18ClN/c1-8(6-10)7-11-5-3-4-9(11)2/h8-9H,3-7H2,1-2H3. The number of nitrogens with zero attached hydrogens (tertiary/aromatic N) is 1. The van der Waals surface area contributed by atoms with Crippen molar-refractivity contribution < 1.29 is 0 Å². The number of hydrogen-bond acceptors (Lipinski definition) is 1. The summed E-state index contributed by atoms with van der Waals surface area (Å²) in [7, 11) is 0. The van der Waals surface area contributed by atoms with Crippen LogP contribution in [0.5, 0.6) is 0 Å². The first-order chi connectivity index (χ1) is 5.24. The fourth-order valence-corrected chi connectivity index (χ4v) is 1.81. The minimum Gasteiger partial charge on any atom is -0.300 e. The lowest BCUT2D eigenvalue weighted by atomic mass is 10.2. The van der Waals surface area contributed by atoms with Gasteiger partial charge in [0.25, 0.3) is 0 Å². The molecule has 0 aliphatic carbocycles. The molecule has 0 radical (unpaired) electrons. The van der Waals surface area contributed by atoms with Gasteiger partial charge in [-0.15, -0.1) is 11.6 Å². The zero-order chi connectivity index (χ0) is 8.27. The van der Waals surface area contributed by atoms with Gasteiger partial charge in [0.15, 0.2) is 0 Å². The zero-order valence-electron chi connectivity index (χ0n) is 7.52. The van der Waals surface area contributed by atoms with Crippen LogP contribution in [0.15, 0.2) is 0 Å². The fourth-order valence-electron chi connectivity index (χ4n) is 1.71. The van der Waals surface area contributed by atoms with E-state index in [1.807, 2.05) is 0 Å². The first-order valence-electron chi connectivity index (χ1n) is 4.54. The van der Waals surface area contributed by atoms with E-state index in [4.69, 9.17) is 11.6 Å². The average Bonchev–Trinajstić information content (AvgIpc) is 2.37. The monoisotopic (exact) mass is 175 g/mol. The molecule has 1 aliphatic rings. The maximum absolute atomic E-state index is 5.75. The van der Waals surface area contributed by atoms with Crippen molar-refractivity contribution in [2.45, 2.75) is 32.7 Å². The Bertz CT molecular complexity index is 116. The van der Waals surface area contributed by atoms with Crippen molar-refractivity contribution >= 4 is 11.6 Å². The zero-order valence-corrected chi connectivity index (χ0v) is 8.27. The molecule has 0 amide bonds.